The SMILES string of the molecule is O=C(Nc1ccc2cn[nH]c2c1)c1n[nH]c(C2CC2)n1. The summed E-state index contributed by atoms with van der Waals surface area (Å²) in [6, 6.07) is 5.54. The first-order chi connectivity index (χ1) is 9.79. The molecule has 0 bridgehead atoms. The summed E-state index contributed by atoms with van der Waals surface area (Å²) in [4.78, 5) is 16.3. The Kier molecular flexibility index (Phi) is 2.32. The molecule has 2 aromatic heterocycles. The molecule has 1 aromatic carbocycles. The second kappa shape index (κ2) is 4.16. The topological polar surface area (TPSA) is 99.4 Å². The lowest BCUT2D eigenvalue weighted by molar-refractivity contribution is 0.101. The van der Waals surface area contributed by atoms with Gasteiger partial charge in [0, 0.05) is 17.0 Å². The Balaban J connectivity index is 1.55. The highest BCUT2D eigenvalue weighted by atomic mass is 16.2. The van der Waals surface area contributed by atoms with Crippen LogP contribution in [0.15, 0.2) is 24.4 Å². The van der Waals surface area contributed by atoms with Crippen LogP contribution in [0.4, 0.5) is 5.69 Å². The van der Waals surface area contributed by atoms with E-state index in [1.54, 1.807) is 6.20 Å². The van der Waals surface area contributed by atoms with Crippen LogP contribution in [0.3, 0.4) is 0 Å². The van der Waals surface area contributed by atoms with Crippen molar-refractivity contribution in [3.05, 3.63) is 36.0 Å². The second-order valence-electron chi connectivity index (χ2n) is 4.94. The number of nitrogens with zero attached hydrogens (tertiary/aromatic N) is 3. The van der Waals surface area contributed by atoms with Crippen molar-refractivity contribution in [3.63, 3.8) is 0 Å². The predicted octanol–water partition coefficient (Wildman–Crippen LogP) is 1.81. The van der Waals surface area contributed by atoms with Gasteiger partial charge in [-0.15, -0.1) is 5.10 Å². The van der Waals surface area contributed by atoms with Gasteiger partial charge < -0.3 is 5.32 Å². The zero-order chi connectivity index (χ0) is 13.5. The minimum absolute atomic E-state index is 0.177. The molecule has 0 atom stereocenters. The van der Waals surface area contributed by atoms with Crippen molar-refractivity contribution in [1.29, 1.82) is 0 Å². The first-order valence-corrected chi connectivity index (χ1v) is 6.46. The number of carbonyl (C=O) groups excluding carboxylic acids is 1. The fourth-order valence-electron chi connectivity index (χ4n) is 2.12. The van der Waals surface area contributed by atoms with Crippen LogP contribution in [0.25, 0.3) is 10.9 Å². The van der Waals surface area contributed by atoms with E-state index in [4.69, 9.17) is 0 Å². The Morgan fingerprint density at radius 3 is 3.05 bits per heavy atom. The van der Waals surface area contributed by atoms with Crippen molar-refractivity contribution in [1.82, 2.24) is 25.4 Å². The van der Waals surface area contributed by atoms with Crippen LogP contribution in [0, 0.1) is 0 Å². The highest BCUT2D eigenvalue weighted by molar-refractivity contribution is 6.02. The third-order valence-corrected chi connectivity index (χ3v) is 3.37. The number of aromatic nitrogens is 5. The van der Waals surface area contributed by atoms with Gasteiger partial charge in [-0.2, -0.15) is 5.10 Å². The second-order valence-corrected chi connectivity index (χ2v) is 4.94. The van der Waals surface area contributed by atoms with E-state index < -0.39 is 0 Å². The highest BCUT2D eigenvalue weighted by Crippen LogP contribution is 2.37. The van der Waals surface area contributed by atoms with E-state index in [1.807, 2.05) is 18.2 Å². The van der Waals surface area contributed by atoms with Gasteiger partial charge >= 0.3 is 0 Å². The molecule has 0 aliphatic heterocycles. The lowest BCUT2D eigenvalue weighted by Gasteiger charge is -2.02. The minimum atomic E-state index is -0.313. The number of rotatable bonds is 3. The van der Waals surface area contributed by atoms with Gasteiger partial charge in [-0.3, -0.25) is 15.0 Å². The van der Waals surface area contributed by atoms with E-state index in [-0.39, 0.29) is 11.7 Å². The molecule has 0 spiro atoms. The molecule has 7 heteroatoms. The van der Waals surface area contributed by atoms with E-state index in [9.17, 15) is 4.79 Å². The summed E-state index contributed by atoms with van der Waals surface area (Å²) in [7, 11) is 0. The van der Waals surface area contributed by atoms with Crippen LogP contribution in [0.2, 0.25) is 0 Å². The first kappa shape index (κ1) is 11.2. The molecule has 2 heterocycles. The molecular weight excluding hydrogens is 256 g/mol. The van der Waals surface area contributed by atoms with E-state index in [0.717, 1.165) is 29.6 Å². The van der Waals surface area contributed by atoms with Crippen molar-refractivity contribution in [2.45, 2.75) is 18.8 Å². The Morgan fingerprint density at radius 1 is 1.30 bits per heavy atom. The average Bonchev–Trinajstić information content (AvgIpc) is 3.01. The number of carbonyl (C=O) groups is 1. The van der Waals surface area contributed by atoms with E-state index >= 15 is 0 Å². The van der Waals surface area contributed by atoms with E-state index in [0.29, 0.717) is 11.6 Å². The Labute approximate surface area is 113 Å². The molecule has 100 valence electrons. The summed E-state index contributed by atoms with van der Waals surface area (Å²) < 4.78 is 0. The molecule has 0 unspecified atom stereocenters. The zero-order valence-corrected chi connectivity index (χ0v) is 10.6. The summed E-state index contributed by atoms with van der Waals surface area (Å²) >= 11 is 0. The number of hydrogen-bond donors (Lipinski definition) is 3. The molecule has 20 heavy (non-hydrogen) atoms. The Morgan fingerprint density at radius 2 is 2.20 bits per heavy atom. The van der Waals surface area contributed by atoms with Gasteiger partial charge in [0.15, 0.2) is 0 Å². The summed E-state index contributed by atoms with van der Waals surface area (Å²) in [5.74, 6) is 1.12. The molecule has 7 nitrogen and oxygen atoms in total. The summed E-state index contributed by atoms with van der Waals surface area (Å²) in [5.41, 5.74) is 1.56. The van der Waals surface area contributed by atoms with Crippen molar-refractivity contribution in [2.24, 2.45) is 0 Å². The lowest BCUT2D eigenvalue weighted by atomic mass is 10.2. The molecule has 3 aromatic rings. The molecule has 1 saturated carbocycles. The molecule has 0 radical (unpaired) electrons. The fourth-order valence-corrected chi connectivity index (χ4v) is 2.12. The summed E-state index contributed by atoms with van der Waals surface area (Å²) in [6.07, 6.45) is 3.97. The van der Waals surface area contributed by atoms with Gasteiger partial charge in [-0.1, -0.05) is 0 Å². The van der Waals surface area contributed by atoms with Crippen LogP contribution in [0.5, 0.6) is 0 Å². The van der Waals surface area contributed by atoms with Crippen LogP contribution < -0.4 is 5.32 Å². The number of benzene rings is 1. The van der Waals surface area contributed by atoms with Crippen molar-refractivity contribution >= 4 is 22.5 Å². The third kappa shape index (κ3) is 1.93. The largest absolute Gasteiger partial charge is 0.319 e. The van der Waals surface area contributed by atoms with Crippen molar-refractivity contribution in [2.75, 3.05) is 5.32 Å². The fraction of sp³-hybridized carbons (Fsp3) is 0.231. The van der Waals surface area contributed by atoms with Crippen LogP contribution in [0.1, 0.15) is 35.2 Å². The molecular formula is C13H12N6O. The summed E-state index contributed by atoms with van der Waals surface area (Å²) in [6.45, 7) is 0. The predicted molar refractivity (Wildman–Crippen MR) is 72.4 cm³/mol. The van der Waals surface area contributed by atoms with Gasteiger partial charge in [0.25, 0.3) is 5.91 Å². The Bertz CT molecular complexity index is 785. The van der Waals surface area contributed by atoms with Gasteiger partial charge in [-0.25, -0.2) is 4.98 Å². The number of aromatic amines is 2. The number of fused-ring (bicyclic) bond motifs is 1. The van der Waals surface area contributed by atoms with Crippen LogP contribution >= 0.6 is 0 Å². The number of anilines is 1. The molecule has 0 saturated heterocycles. The van der Waals surface area contributed by atoms with Gasteiger partial charge in [0.05, 0.1) is 11.7 Å². The lowest BCUT2D eigenvalue weighted by Crippen LogP contribution is -2.13. The van der Waals surface area contributed by atoms with Crippen molar-refractivity contribution < 1.29 is 4.79 Å². The molecule has 1 amide bonds. The average molecular weight is 268 g/mol. The third-order valence-electron chi connectivity index (χ3n) is 3.37. The maximum absolute atomic E-state index is 12.1. The molecule has 3 N–H and O–H groups in total. The normalized spacial score (nSPS) is 14.6. The number of amides is 1. The zero-order valence-electron chi connectivity index (χ0n) is 10.6. The van der Waals surface area contributed by atoms with Gasteiger partial charge in [0.2, 0.25) is 5.82 Å². The standard InChI is InChI=1S/C13H12N6O/c20-13(12-16-11(18-19-12)7-1-2-7)15-9-4-3-8-6-14-17-10(8)5-9/h3-7H,1-2H2,(H,14,17)(H,15,20)(H,16,18,19). The van der Waals surface area contributed by atoms with Gasteiger partial charge in [-0.05, 0) is 31.0 Å². The monoisotopic (exact) mass is 268 g/mol. The molecule has 1 fully saturated rings. The maximum Gasteiger partial charge on any atom is 0.295 e. The molecule has 4 rings (SSSR count). The van der Waals surface area contributed by atoms with E-state index in [2.05, 4.69) is 30.7 Å². The van der Waals surface area contributed by atoms with Crippen LogP contribution in [-0.4, -0.2) is 31.3 Å². The number of H-pyrrole nitrogens is 2. The van der Waals surface area contributed by atoms with Crippen LogP contribution in [-0.2, 0) is 0 Å². The first-order valence-electron chi connectivity index (χ1n) is 6.46. The van der Waals surface area contributed by atoms with E-state index in [1.165, 1.54) is 0 Å². The highest BCUT2D eigenvalue weighted by Gasteiger charge is 2.28. The van der Waals surface area contributed by atoms with Gasteiger partial charge in [0.1, 0.15) is 5.82 Å². The van der Waals surface area contributed by atoms with Crippen molar-refractivity contribution in [3.8, 4) is 0 Å². The smallest absolute Gasteiger partial charge is 0.295 e. The molecule has 1 aliphatic rings. The number of hydrogen-bond acceptors (Lipinski definition) is 4. The molecule has 1 aliphatic carbocycles. The quantitative estimate of drug-likeness (QED) is 0.674. The number of nitrogens with one attached hydrogen (secondary N) is 3. The Hall–Kier alpha value is -2.70. The minimum Gasteiger partial charge on any atom is -0.319 e. The maximum atomic E-state index is 12.1. The summed E-state index contributed by atoms with van der Waals surface area (Å²) in [5, 5.41) is 17.4.